The van der Waals surface area contributed by atoms with Gasteiger partial charge in [0.25, 0.3) is 5.91 Å². The van der Waals surface area contributed by atoms with E-state index in [1.165, 1.54) is 25.2 Å². The Morgan fingerprint density at radius 2 is 1.77 bits per heavy atom. The lowest BCUT2D eigenvalue weighted by Gasteiger charge is -2.28. The van der Waals surface area contributed by atoms with E-state index in [0.29, 0.717) is 36.3 Å². The third-order valence-electron chi connectivity index (χ3n) is 5.82. The van der Waals surface area contributed by atoms with Crippen LogP contribution in [0.5, 0.6) is 11.5 Å². The van der Waals surface area contributed by atoms with Gasteiger partial charge in [-0.2, -0.15) is 0 Å². The first kappa shape index (κ1) is 25.6. The lowest BCUT2D eigenvalue weighted by atomic mass is 9.94. The number of carboxylic acids is 1. The second kappa shape index (κ2) is 11.9. The van der Waals surface area contributed by atoms with Gasteiger partial charge in [0, 0.05) is 24.6 Å². The number of benzene rings is 2. The van der Waals surface area contributed by atoms with Crippen LogP contribution < -0.4 is 9.47 Å². The van der Waals surface area contributed by atoms with E-state index in [4.69, 9.17) is 14.6 Å². The van der Waals surface area contributed by atoms with Crippen molar-refractivity contribution < 1.29 is 34.1 Å². The third-order valence-corrected chi connectivity index (χ3v) is 5.82. The SMILES string of the molecule is COc1ccc(C2C(C(=O)C=Cc3ccccc3)=C(O)C(=O)N2CCCCCC(=O)O)c(OC)c1. The van der Waals surface area contributed by atoms with Gasteiger partial charge in [0.2, 0.25) is 0 Å². The fourth-order valence-electron chi connectivity index (χ4n) is 4.06. The fraction of sp³-hybridized carbons (Fsp3) is 0.296. The Balaban J connectivity index is 1.95. The summed E-state index contributed by atoms with van der Waals surface area (Å²) in [4.78, 5) is 38.5. The number of aliphatic hydroxyl groups is 1. The van der Waals surface area contributed by atoms with Gasteiger partial charge in [-0.25, -0.2) is 0 Å². The van der Waals surface area contributed by atoms with Gasteiger partial charge in [-0.05, 0) is 36.6 Å². The average Bonchev–Trinajstić information content (AvgIpc) is 3.12. The van der Waals surface area contributed by atoms with Gasteiger partial charge in [-0.15, -0.1) is 0 Å². The van der Waals surface area contributed by atoms with Gasteiger partial charge in [-0.1, -0.05) is 42.8 Å². The van der Waals surface area contributed by atoms with E-state index in [-0.39, 0.29) is 18.5 Å². The second-order valence-corrected chi connectivity index (χ2v) is 8.08. The number of rotatable bonds is 12. The van der Waals surface area contributed by atoms with Gasteiger partial charge in [0.15, 0.2) is 11.5 Å². The molecule has 2 aromatic rings. The summed E-state index contributed by atoms with van der Waals surface area (Å²) in [7, 11) is 3.00. The van der Waals surface area contributed by atoms with Crippen LogP contribution in [-0.2, 0) is 14.4 Å². The Labute approximate surface area is 204 Å². The first-order valence-corrected chi connectivity index (χ1v) is 11.3. The number of hydrogen-bond donors (Lipinski definition) is 2. The summed E-state index contributed by atoms with van der Waals surface area (Å²) in [6.07, 6.45) is 4.58. The topological polar surface area (TPSA) is 113 Å². The molecule has 0 aromatic heterocycles. The van der Waals surface area contributed by atoms with Crippen molar-refractivity contribution in [2.45, 2.75) is 31.7 Å². The Morgan fingerprint density at radius 1 is 1.03 bits per heavy atom. The van der Waals surface area contributed by atoms with E-state index < -0.39 is 29.5 Å². The maximum absolute atomic E-state index is 13.3. The molecule has 0 aliphatic carbocycles. The normalized spacial score (nSPS) is 15.7. The number of carboxylic acid groups (broad SMARTS) is 1. The van der Waals surface area contributed by atoms with Gasteiger partial charge >= 0.3 is 5.97 Å². The predicted molar refractivity (Wildman–Crippen MR) is 130 cm³/mol. The standard InChI is InChI=1S/C27H29NO7/c1-34-19-13-14-20(22(17-19)35-2)25-24(21(29)15-12-18-9-5-3-6-10-18)26(32)27(33)28(25)16-8-4-7-11-23(30)31/h3,5-6,9-10,12-15,17,25,32H,4,7-8,11,16H2,1-2H3,(H,30,31). The molecule has 2 N–H and O–H groups in total. The number of ketones is 1. The van der Waals surface area contributed by atoms with Gasteiger partial charge in [-0.3, -0.25) is 14.4 Å². The Hall–Kier alpha value is -4.07. The zero-order valence-electron chi connectivity index (χ0n) is 19.8. The minimum Gasteiger partial charge on any atom is -0.503 e. The van der Waals surface area contributed by atoms with Crippen molar-refractivity contribution in [2.24, 2.45) is 0 Å². The average molecular weight is 480 g/mol. The maximum atomic E-state index is 13.3. The molecule has 3 rings (SSSR count). The van der Waals surface area contributed by atoms with Crippen molar-refractivity contribution in [1.82, 2.24) is 4.90 Å². The number of ether oxygens (including phenoxy) is 2. The summed E-state index contributed by atoms with van der Waals surface area (Å²) >= 11 is 0. The van der Waals surface area contributed by atoms with E-state index >= 15 is 0 Å². The van der Waals surface area contributed by atoms with Crippen molar-refractivity contribution in [2.75, 3.05) is 20.8 Å². The van der Waals surface area contributed by atoms with Crippen molar-refractivity contribution >= 4 is 23.7 Å². The minimum absolute atomic E-state index is 0.0313. The van der Waals surface area contributed by atoms with Crippen LogP contribution in [0.4, 0.5) is 0 Å². The molecule has 0 saturated heterocycles. The molecular weight excluding hydrogens is 450 g/mol. The molecule has 1 unspecified atom stereocenters. The first-order chi connectivity index (χ1) is 16.9. The van der Waals surface area contributed by atoms with E-state index in [9.17, 15) is 19.5 Å². The molecule has 0 radical (unpaired) electrons. The largest absolute Gasteiger partial charge is 0.503 e. The van der Waals surface area contributed by atoms with Gasteiger partial charge in [0.05, 0.1) is 25.8 Å². The Bertz CT molecular complexity index is 1140. The number of unbranched alkanes of at least 4 members (excludes halogenated alkanes) is 2. The number of aliphatic hydroxyl groups excluding tert-OH is 1. The van der Waals surface area contributed by atoms with Gasteiger partial charge < -0.3 is 24.6 Å². The highest BCUT2D eigenvalue weighted by Crippen LogP contribution is 2.42. The van der Waals surface area contributed by atoms with Crippen molar-refractivity contribution in [3.05, 3.63) is 77.1 Å². The molecule has 35 heavy (non-hydrogen) atoms. The number of carbonyl (C=O) groups excluding carboxylic acids is 2. The van der Waals surface area contributed by atoms with E-state index in [2.05, 4.69) is 0 Å². The zero-order valence-corrected chi connectivity index (χ0v) is 19.8. The van der Waals surface area contributed by atoms with Crippen LogP contribution in [0.1, 0.15) is 42.9 Å². The number of aliphatic carboxylic acids is 1. The number of hydrogen-bond acceptors (Lipinski definition) is 6. The van der Waals surface area contributed by atoms with Crippen molar-refractivity contribution in [3.63, 3.8) is 0 Å². The molecule has 2 aromatic carbocycles. The fourth-order valence-corrected chi connectivity index (χ4v) is 4.06. The minimum atomic E-state index is -0.875. The summed E-state index contributed by atoms with van der Waals surface area (Å²) in [5, 5.41) is 19.6. The molecule has 8 heteroatoms. The zero-order chi connectivity index (χ0) is 25.4. The van der Waals surface area contributed by atoms with Crippen LogP contribution in [-0.4, -0.2) is 53.5 Å². The smallest absolute Gasteiger partial charge is 0.303 e. The predicted octanol–water partition coefficient (Wildman–Crippen LogP) is 4.33. The van der Waals surface area contributed by atoms with Crippen molar-refractivity contribution in [1.29, 1.82) is 0 Å². The molecule has 184 valence electrons. The quantitative estimate of drug-likeness (QED) is 0.344. The van der Waals surface area contributed by atoms with Crippen LogP contribution in [0.15, 0.2) is 65.9 Å². The molecule has 1 aliphatic heterocycles. The summed E-state index contributed by atoms with van der Waals surface area (Å²) in [5.41, 5.74) is 1.31. The molecule has 1 heterocycles. The lowest BCUT2D eigenvalue weighted by Crippen LogP contribution is -2.32. The highest BCUT2D eigenvalue weighted by Gasteiger charge is 2.43. The molecule has 1 amide bonds. The number of nitrogens with zero attached hydrogens (tertiary/aromatic N) is 1. The van der Waals surface area contributed by atoms with Crippen LogP contribution in [0, 0.1) is 0 Å². The first-order valence-electron chi connectivity index (χ1n) is 11.3. The summed E-state index contributed by atoms with van der Waals surface area (Å²) in [5.74, 6) is -1.66. The van der Waals surface area contributed by atoms with Crippen LogP contribution in [0.25, 0.3) is 6.08 Å². The summed E-state index contributed by atoms with van der Waals surface area (Å²) in [6.45, 7) is 0.238. The molecule has 0 fully saturated rings. The molecule has 0 saturated carbocycles. The molecule has 0 bridgehead atoms. The van der Waals surface area contributed by atoms with Crippen LogP contribution >= 0.6 is 0 Å². The van der Waals surface area contributed by atoms with Crippen LogP contribution in [0.3, 0.4) is 0 Å². The second-order valence-electron chi connectivity index (χ2n) is 8.08. The monoisotopic (exact) mass is 479 g/mol. The highest BCUT2D eigenvalue weighted by atomic mass is 16.5. The molecular formula is C27H29NO7. The highest BCUT2D eigenvalue weighted by molar-refractivity contribution is 6.14. The van der Waals surface area contributed by atoms with Crippen LogP contribution in [0.2, 0.25) is 0 Å². The molecule has 0 spiro atoms. The number of allylic oxidation sites excluding steroid dienone is 1. The third kappa shape index (κ3) is 6.09. The lowest BCUT2D eigenvalue weighted by molar-refractivity contribution is -0.137. The molecule has 1 atom stereocenters. The molecule has 8 nitrogen and oxygen atoms in total. The Kier molecular flexibility index (Phi) is 8.67. The van der Waals surface area contributed by atoms with Crippen molar-refractivity contribution in [3.8, 4) is 11.5 Å². The van der Waals surface area contributed by atoms with E-state index in [1.54, 1.807) is 24.3 Å². The van der Waals surface area contributed by atoms with E-state index in [1.807, 2.05) is 30.3 Å². The summed E-state index contributed by atoms with van der Waals surface area (Å²) in [6, 6.07) is 13.4. The number of methoxy groups -OCH3 is 2. The Morgan fingerprint density at radius 3 is 2.43 bits per heavy atom. The maximum Gasteiger partial charge on any atom is 0.303 e. The molecule has 1 aliphatic rings. The van der Waals surface area contributed by atoms with E-state index in [0.717, 1.165) is 5.56 Å². The number of carbonyl (C=O) groups is 3. The number of amides is 1. The van der Waals surface area contributed by atoms with Gasteiger partial charge in [0.1, 0.15) is 11.5 Å². The summed E-state index contributed by atoms with van der Waals surface area (Å²) < 4.78 is 10.8.